The van der Waals surface area contributed by atoms with Crippen LogP contribution in [0.5, 0.6) is 5.75 Å². The molecule has 1 aromatic rings. The van der Waals surface area contributed by atoms with E-state index < -0.39 is 0 Å². The summed E-state index contributed by atoms with van der Waals surface area (Å²) in [6.07, 6.45) is 7.24. The number of allylic oxidation sites excluding steroid dienone is 3. The molecule has 0 radical (unpaired) electrons. The van der Waals surface area contributed by atoms with E-state index in [0.29, 0.717) is 17.9 Å². The van der Waals surface area contributed by atoms with Crippen LogP contribution in [0.4, 0.5) is 0 Å². The van der Waals surface area contributed by atoms with Gasteiger partial charge in [-0.3, -0.25) is 4.79 Å². The number of para-hydroxylation sites is 1. The molecule has 2 heteroatoms. The quantitative estimate of drug-likeness (QED) is 0.529. The topological polar surface area (TPSA) is 26.3 Å². The van der Waals surface area contributed by atoms with E-state index in [-0.39, 0.29) is 0 Å². The molecular formula is C17H22O2. The van der Waals surface area contributed by atoms with Crippen LogP contribution in [0.1, 0.15) is 44.0 Å². The first-order valence-corrected chi connectivity index (χ1v) is 6.59. The van der Waals surface area contributed by atoms with E-state index in [1.807, 2.05) is 18.2 Å². The second-order valence-corrected chi connectivity index (χ2v) is 4.84. The van der Waals surface area contributed by atoms with Crippen LogP contribution in [-0.4, -0.2) is 12.9 Å². The van der Waals surface area contributed by atoms with E-state index >= 15 is 0 Å². The summed E-state index contributed by atoms with van der Waals surface area (Å²) in [5.41, 5.74) is 3.25. The Hall–Kier alpha value is -1.83. The van der Waals surface area contributed by atoms with Crippen molar-refractivity contribution in [1.82, 2.24) is 0 Å². The van der Waals surface area contributed by atoms with Crippen molar-refractivity contribution >= 4 is 6.29 Å². The number of ether oxygens (including phenoxy) is 1. The predicted octanol–water partition coefficient (Wildman–Crippen LogP) is 4.57. The average molecular weight is 258 g/mol. The fourth-order valence-corrected chi connectivity index (χ4v) is 1.67. The zero-order chi connectivity index (χ0) is 14.1. The molecule has 0 unspecified atom stereocenters. The highest BCUT2D eigenvalue weighted by Crippen LogP contribution is 2.16. The van der Waals surface area contributed by atoms with E-state index in [4.69, 9.17) is 4.74 Å². The molecule has 1 rings (SSSR count). The van der Waals surface area contributed by atoms with E-state index in [1.165, 1.54) is 11.1 Å². The molecule has 0 spiro atoms. The lowest BCUT2D eigenvalue weighted by molar-refractivity contribution is 0.112. The second kappa shape index (κ2) is 8.30. The Morgan fingerprint density at radius 1 is 1.16 bits per heavy atom. The zero-order valence-electron chi connectivity index (χ0n) is 12.0. The van der Waals surface area contributed by atoms with Gasteiger partial charge in [-0.25, -0.2) is 0 Å². The maximum absolute atomic E-state index is 10.8. The number of carbonyl (C=O) groups is 1. The Labute approximate surface area is 115 Å². The van der Waals surface area contributed by atoms with E-state index in [9.17, 15) is 4.79 Å². The first-order chi connectivity index (χ1) is 9.13. The predicted molar refractivity (Wildman–Crippen MR) is 79.7 cm³/mol. The van der Waals surface area contributed by atoms with Crippen LogP contribution < -0.4 is 4.74 Å². The smallest absolute Gasteiger partial charge is 0.153 e. The summed E-state index contributed by atoms with van der Waals surface area (Å²) in [4.78, 5) is 10.8. The van der Waals surface area contributed by atoms with Crippen LogP contribution in [0.2, 0.25) is 0 Å². The third-order valence-electron chi connectivity index (χ3n) is 2.81. The molecule has 0 aliphatic carbocycles. The first-order valence-electron chi connectivity index (χ1n) is 6.59. The minimum absolute atomic E-state index is 0.505. The van der Waals surface area contributed by atoms with Crippen LogP contribution in [0.3, 0.4) is 0 Å². The van der Waals surface area contributed by atoms with Crippen molar-refractivity contribution in [1.29, 1.82) is 0 Å². The van der Waals surface area contributed by atoms with Crippen molar-refractivity contribution in [3.05, 3.63) is 53.1 Å². The molecule has 0 bridgehead atoms. The molecule has 0 heterocycles. The molecule has 0 N–H and O–H groups in total. The summed E-state index contributed by atoms with van der Waals surface area (Å²) in [6, 6.07) is 7.27. The van der Waals surface area contributed by atoms with Crippen LogP contribution >= 0.6 is 0 Å². The van der Waals surface area contributed by atoms with Gasteiger partial charge in [-0.2, -0.15) is 0 Å². The summed E-state index contributed by atoms with van der Waals surface area (Å²) >= 11 is 0. The number of hydrogen-bond acceptors (Lipinski definition) is 2. The van der Waals surface area contributed by atoms with Crippen molar-refractivity contribution in [2.45, 2.75) is 33.6 Å². The van der Waals surface area contributed by atoms with Gasteiger partial charge < -0.3 is 4.74 Å². The summed E-state index contributed by atoms with van der Waals surface area (Å²) < 4.78 is 5.60. The lowest BCUT2D eigenvalue weighted by atomic mass is 10.1. The summed E-state index contributed by atoms with van der Waals surface area (Å²) in [5.74, 6) is 0.644. The van der Waals surface area contributed by atoms with Crippen LogP contribution in [0.15, 0.2) is 47.6 Å². The van der Waals surface area contributed by atoms with Crippen molar-refractivity contribution in [2.24, 2.45) is 0 Å². The van der Waals surface area contributed by atoms with Crippen molar-refractivity contribution in [3.8, 4) is 5.75 Å². The van der Waals surface area contributed by atoms with Crippen molar-refractivity contribution in [2.75, 3.05) is 6.61 Å². The Morgan fingerprint density at radius 2 is 1.89 bits per heavy atom. The van der Waals surface area contributed by atoms with Gasteiger partial charge in [0.1, 0.15) is 12.4 Å². The molecule has 0 aromatic heterocycles. The molecular weight excluding hydrogens is 236 g/mol. The number of rotatable bonds is 7. The normalized spacial score (nSPS) is 11.0. The van der Waals surface area contributed by atoms with Gasteiger partial charge in [0.15, 0.2) is 6.29 Å². The Morgan fingerprint density at radius 3 is 2.58 bits per heavy atom. The molecule has 0 aliphatic rings. The van der Waals surface area contributed by atoms with Gasteiger partial charge in [0.05, 0.1) is 5.56 Å². The van der Waals surface area contributed by atoms with Crippen LogP contribution in [0.25, 0.3) is 0 Å². The largest absolute Gasteiger partial charge is 0.489 e. The standard InChI is InChI=1S/C17H22O2/c1-14(2)7-6-8-15(3)11-12-19-17-10-5-4-9-16(17)13-18/h4-5,7,9-11,13H,6,8,12H2,1-3H3. The lowest BCUT2D eigenvalue weighted by Gasteiger charge is -2.06. The van der Waals surface area contributed by atoms with E-state index in [0.717, 1.165) is 19.1 Å². The number of benzene rings is 1. The summed E-state index contributed by atoms with van der Waals surface area (Å²) in [6.45, 7) is 6.83. The van der Waals surface area contributed by atoms with Gasteiger partial charge in [-0.15, -0.1) is 0 Å². The summed E-state index contributed by atoms with van der Waals surface area (Å²) in [7, 11) is 0. The van der Waals surface area contributed by atoms with Gasteiger partial charge in [-0.05, 0) is 51.8 Å². The molecule has 2 nitrogen and oxygen atoms in total. The number of hydrogen-bond donors (Lipinski definition) is 0. The van der Waals surface area contributed by atoms with Crippen LogP contribution in [0, 0.1) is 0 Å². The maximum atomic E-state index is 10.8. The number of aldehydes is 1. The highest BCUT2D eigenvalue weighted by molar-refractivity contribution is 5.79. The molecule has 102 valence electrons. The molecule has 0 fully saturated rings. The Balaban J connectivity index is 2.44. The van der Waals surface area contributed by atoms with Gasteiger partial charge >= 0.3 is 0 Å². The van der Waals surface area contributed by atoms with Gasteiger partial charge in [0, 0.05) is 0 Å². The average Bonchev–Trinajstić information content (AvgIpc) is 2.39. The molecule has 0 saturated carbocycles. The molecule has 0 amide bonds. The third kappa shape index (κ3) is 6.05. The van der Waals surface area contributed by atoms with Gasteiger partial charge in [0.25, 0.3) is 0 Å². The van der Waals surface area contributed by atoms with Crippen LogP contribution in [-0.2, 0) is 0 Å². The maximum Gasteiger partial charge on any atom is 0.153 e. The minimum atomic E-state index is 0.505. The fraction of sp³-hybridized carbons (Fsp3) is 0.353. The minimum Gasteiger partial charge on any atom is -0.489 e. The van der Waals surface area contributed by atoms with Crippen molar-refractivity contribution < 1.29 is 9.53 Å². The third-order valence-corrected chi connectivity index (χ3v) is 2.81. The lowest BCUT2D eigenvalue weighted by Crippen LogP contribution is -1.97. The number of carbonyl (C=O) groups excluding carboxylic acids is 1. The Bertz CT molecular complexity index is 466. The second-order valence-electron chi connectivity index (χ2n) is 4.84. The van der Waals surface area contributed by atoms with E-state index in [2.05, 4.69) is 32.9 Å². The molecule has 0 saturated heterocycles. The van der Waals surface area contributed by atoms with Gasteiger partial charge in [-0.1, -0.05) is 29.4 Å². The SMILES string of the molecule is CC(C)=CCCC(C)=CCOc1ccccc1C=O. The molecule has 0 atom stereocenters. The molecule has 19 heavy (non-hydrogen) atoms. The highest BCUT2D eigenvalue weighted by Gasteiger charge is 1.99. The Kier molecular flexibility index (Phi) is 6.65. The summed E-state index contributed by atoms with van der Waals surface area (Å²) in [5, 5.41) is 0. The first kappa shape index (κ1) is 15.2. The zero-order valence-corrected chi connectivity index (χ0v) is 12.0. The fourth-order valence-electron chi connectivity index (χ4n) is 1.67. The highest BCUT2D eigenvalue weighted by atomic mass is 16.5. The van der Waals surface area contributed by atoms with Gasteiger partial charge in [0.2, 0.25) is 0 Å². The molecule has 0 aliphatic heterocycles. The van der Waals surface area contributed by atoms with E-state index in [1.54, 1.807) is 6.07 Å². The molecule has 1 aromatic carbocycles. The monoisotopic (exact) mass is 258 g/mol. The van der Waals surface area contributed by atoms with Crippen molar-refractivity contribution in [3.63, 3.8) is 0 Å².